The minimum atomic E-state index is -0.0566. The number of benzene rings is 1. The number of aryl methyl sites for hydroxylation is 1. The zero-order chi connectivity index (χ0) is 17.2. The van der Waals surface area contributed by atoms with Crippen LogP contribution in [0.2, 0.25) is 0 Å². The number of nitrogens with zero attached hydrogens (tertiary/aromatic N) is 4. The Labute approximate surface area is 145 Å². The molecule has 0 aliphatic carbocycles. The third-order valence-electron chi connectivity index (χ3n) is 4.51. The molecular weight excluding hydrogens is 314 g/mol. The number of hydrogen-bond donors (Lipinski definition) is 1. The second-order valence-corrected chi connectivity index (χ2v) is 6.41. The average Bonchev–Trinajstić information content (AvgIpc) is 2.64. The van der Waals surface area contributed by atoms with Crippen LogP contribution in [0.4, 0.5) is 0 Å². The molecule has 0 saturated heterocycles. The van der Waals surface area contributed by atoms with Crippen LogP contribution in [0.5, 0.6) is 0 Å². The third-order valence-corrected chi connectivity index (χ3v) is 4.51. The van der Waals surface area contributed by atoms with Gasteiger partial charge in [0.1, 0.15) is 12.2 Å². The van der Waals surface area contributed by atoms with Gasteiger partial charge in [0, 0.05) is 37.6 Å². The molecule has 0 atom stereocenters. The molecule has 0 saturated carbocycles. The monoisotopic (exact) mass is 333 g/mol. The highest BCUT2D eigenvalue weighted by Gasteiger charge is 2.21. The lowest BCUT2D eigenvalue weighted by atomic mass is 10.0. The summed E-state index contributed by atoms with van der Waals surface area (Å²) < 4.78 is 0. The summed E-state index contributed by atoms with van der Waals surface area (Å²) in [4.78, 5) is 30.3. The van der Waals surface area contributed by atoms with Gasteiger partial charge in [-0.15, -0.1) is 0 Å². The van der Waals surface area contributed by atoms with Crippen molar-refractivity contribution in [3.63, 3.8) is 0 Å². The summed E-state index contributed by atoms with van der Waals surface area (Å²) in [6.07, 6.45) is 5.49. The van der Waals surface area contributed by atoms with Crippen molar-refractivity contribution in [1.82, 2.24) is 24.8 Å². The van der Waals surface area contributed by atoms with Gasteiger partial charge in [-0.2, -0.15) is 0 Å². The molecule has 1 aromatic carbocycles. The molecule has 0 fully saturated rings. The molecule has 2 aromatic heterocycles. The normalized spacial score (nSPS) is 14.3. The highest BCUT2D eigenvalue weighted by Crippen LogP contribution is 2.19. The van der Waals surface area contributed by atoms with Gasteiger partial charge in [-0.3, -0.25) is 9.69 Å². The van der Waals surface area contributed by atoms with Crippen molar-refractivity contribution in [1.29, 1.82) is 0 Å². The molecule has 1 N–H and O–H groups in total. The fraction of sp³-hybridized carbons (Fsp3) is 0.263. The fourth-order valence-electron chi connectivity index (χ4n) is 3.14. The van der Waals surface area contributed by atoms with Crippen LogP contribution in [0.1, 0.15) is 22.4 Å². The van der Waals surface area contributed by atoms with Crippen LogP contribution >= 0.6 is 0 Å². The Hall–Kier alpha value is -2.86. The highest BCUT2D eigenvalue weighted by molar-refractivity contribution is 5.52. The topological polar surface area (TPSA) is 74.8 Å². The first-order chi connectivity index (χ1) is 12.2. The van der Waals surface area contributed by atoms with Crippen LogP contribution < -0.4 is 5.56 Å². The second-order valence-electron chi connectivity index (χ2n) is 6.41. The Bertz CT molecular complexity index is 934. The Morgan fingerprint density at radius 1 is 1.16 bits per heavy atom. The maximum Gasteiger partial charge on any atom is 0.254 e. The third kappa shape index (κ3) is 3.34. The van der Waals surface area contributed by atoms with Crippen LogP contribution in [0, 0.1) is 6.92 Å². The van der Waals surface area contributed by atoms with E-state index in [1.165, 1.54) is 17.5 Å². The predicted octanol–water partition coefficient (Wildman–Crippen LogP) is 2.09. The van der Waals surface area contributed by atoms with Crippen molar-refractivity contribution >= 4 is 0 Å². The van der Waals surface area contributed by atoms with Crippen LogP contribution in [-0.2, 0) is 19.5 Å². The van der Waals surface area contributed by atoms with E-state index in [0.717, 1.165) is 36.3 Å². The number of nitrogens with one attached hydrogen (secondary N) is 1. The molecule has 3 heterocycles. The van der Waals surface area contributed by atoms with Gasteiger partial charge in [0.25, 0.3) is 5.56 Å². The average molecular weight is 333 g/mol. The van der Waals surface area contributed by atoms with E-state index in [1.807, 2.05) is 0 Å². The summed E-state index contributed by atoms with van der Waals surface area (Å²) in [6, 6.07) is 8.57. The molecular formula is C19H19N5O. The minimum absolute atomic E-state index is 0.0566. The maximum atomic E-state index is 12.4. The van der Waals surface area contributed by atoms with Gasteiger partial charge in [0.15, 0.2) is 0 Å². The molecule has 1 aliphatic heterocycles. The largest absolute Gasteiger partial charge is 0.306 e. The summed E-state index contributed by atoms with van der Waals surface area (Å²) in [5.74, 6) is 0.529. The van der Waals surface area contributed by atoms with Crippen molar-refractivity contribution in [3.05, 3.63) is 75.7 Å². The smallest absolute Gasteiger partial charge is 0.254 e. The van der Waals surface area contributed by atoms with Gasteiger partial charge in [0.2, 0.25) is 0 Å². The van der Waals surface area contributed by atoms with Gasteiger partial charge in [-0.1, -0.05) is 29.8 Å². The number of aromatic amines is 1. The van der Waals surface area contributed by atoms with E-state index in [0.29, 0.717) is 12.4 Å². The lowest BCUT2D eigenvalue weighted by molar-refractivity contribution is 0.240. The van der Waals surface area contributed by atoms with Crippen molar-refractivity contribution < 1.29 is 0 Å². The Kier molecular flexibility index (Phi) is 4.11. The number of H-pyrrole nitrogens is 1. The van der Waals surface area contributed by atoms with Crippen molar-refractivity contribution in [2.45, 2.75) is 26.4 Å². The van der Waals surface area contributed by atoms with Crippen molar-refractivity contribution in [2.24, 2.45) is 0 Å². The van der Waals surface area contributed by atoms with E-state index in [9.17, 15) is 4.79 Å². The Balaban J connectivity index is 1.60. The number of rotatable bonds is 3. The molecule has 0 bridgehead atoms. The summed E-state index contributed by atoms with van der Waals surface area (Å²) in [7, 11) is 0. The molecule has 126 valence electrons. The van der Waals surface area contributed by atoms with Gasteiger partial charge in [-0.25, -0.2) is 15.0 Å². The summed E-state index contributed by atoms with van der Waals surface area (Å²) >= 11 is 0. The van der Waals surface area contributed by atoms with E-state index < -0.39 is 0 Å². The highest BCUT2D eigenvalue weighted by atomic mass is 16.1. The molecule has 25 heavy (non-hydrogen) atoms. The fourth-order valence-corrected chi connectivity index (χ4v) is 3.14. The van der Waals surface area contributed by atoms with Crippen LogP contribution in [0.15, 0.2) is 47.8 Å². The van der Waals surface area contributed by atoms with Crippen LogP contribution in [-0.4, -0.2) is 31.4 Å². The zero-order valence-corrected chi connectivity index (χ0v) is 14.1. The van der Waals surface area contributed by atoms with E-state index in [2.05, 4.69) is 56.0 Å². The van der Waals surface area contributed by atoms with Gasteiger partial charge < -0.3 is 4.98 Å². The van der Waals surface area contributed by atoms with Gasteiger partial charge in [0.05, 0.1) is 11.3 Å². The van der Waals surface area contributed by atoms with E-state index in [1.54, 1.807) is 12.4 Å². The van der Waals surface area contributed by atoms with Crippen molar-refractivity contribution in [2.75, 3.05) is 6.54 Å². The quantitative estimate of drug-likeness (QED) is 0.794. The molecule has 1 aliphatic rings. The first kappa shape index (κ1) is 15.7. The van der Waals surface area contributed by atoms with Gasteiger partial charge in [-0.05, 0) is 18.9 Å². The molecule has 0 spiro atoms. The molecule has 3 aromatic rings. The number of fused-ring (bicyclic) bond motifs is 1. The van der Waals surface area contributed by atoms with Crippen molar-refractivity contribution in [3.8, 4) is 11.4 Å². The molecule has 0 radical (unpaired) electrons. The van der Waals surface area contributed by atoms with Gasteiger partial charge >= 0.3 is 0 Å². The predicted molar refractivity (Wildman–Crippen MR) is 94.9 cm³/mol. The first-order valence-corrected chi connectivity index (χ1v) is 8.34. The maximum absolute atomic E-state index is 12.4. The molecule has 4 rings (SSSR count). The molecule has 0 amide bonds. The molecule has 6 heteroatoms. The second kappa shape index (κ2) is 6.57. The van der Waals surface area contributed by atoms with Crippen LogP contribution in [0.25, 0.3) is 11.4 Å². The van der Waals surface area contributed by atoms with E-state index in [-0.39, 0.29) is 5.56 Å². The standard InChI is InChI=1S/C19H19N5O/c1-13-2-4-14(5-3-13)10-24-7-6-16-17(11-24)22-18(23-19(16)25)15-8-20-12-21-9-15/h2-5,8-9,12H,6-7,10-11H2,1H3,(H,22,23,25). The van der Waals surface area contributed by atoms with Crippen LogP contribution in [0.3, 0.4) is 0 Å². The number of aromatic nitrogens is 4. The number of hydrogen-bond acceptors (Lipinski definition) is 5. The lowest BCUT2D eigenvalue weighted by Gasteiger charge is -2.27. The first-order valence-electron chi connectivity index (χ1n) is 8.34. The summed E-state index contributed by atoms with van der Waals surface area (Å²) in [6.45, 7) is 4.48. The summed E-state index contributed by atoms with van der Waals surface area (Å²) in [5.41, 5.74) is 4.84. The Morgan fingerprint density at radius 2 is 1.92 bits per heavy atom. The zero-order valence-electron chi connectivity index (χ0n) is 14.1. The van der Waals surface area contributed by atoms with E-state index in [4.69, 9.17) is 0 Å². The SMILES string of the molecule is Cc1ccc(CN2CCc3c(nc(-c4cncnc4)[nH]c3=O)C2)cc1. The Morgan fingerprint density at radius 3 is 2.68 bits per heavy atom. The lowest BCUT2D eigenvalue weighted by Crippen LogP contribution is -2.35. The molecule has 6 nitrogen and oxygen atoms in total. The van der Waals surface area contributed by atoms with E-state index >= 15 is 0 Å². The summed E-state index contributed by atoms with van der Waals surface area (Å²) in [5, 5.41) is 0. The minimum Gasteiger partial charge on any atom is -0.306 e. The molecule has 0 unspecified atom stereocenters.